The number of rotatable bonds is 4. The summed E-state index contributed by atoms with van der Waals surface area (Å²) in [6.45, 7) is 8.56. The fourth-order valence-electron chi connectivity index (χ4n) is 1.15. The lowest BCUT2D eigenvalue weighted by Gasteiger charge is -2.19. The number of carboxylic acids is 1. The van der Waals surface area contributed by atoms with E-state index in [0.29, 0.717) is 0 Å². The van der Waals surface area contributed by atoms with Crippen LogP contribution in [-0.4, -0.2) is 19.1 Å². The van der Waals surface area contributed by atoms with E-state index >= 15 is 0 Å². The van der Waals surface area contributed by atoms with Crippen LogP contribution in [0.5, 0.6) is 0 Å². The molecule has 0 heterocycles. The highest BCUT2D eigenvalue weighted by Gasteiger charge is 2.23. The molecule has 1 unspecified atom stereocenters. The first-order chi connectivity index (χ1) is 4.87. The van der Waals surface area contributed by atoms with Crippen LogP contribution >= 0.6 is 0 Å². The molecule has 0 radical (unpaired) electrons. The summed E-state index contributed by atoms with van der Waals surface area (Å²) >= 11 is 0. The number of carbonyl (C=O) groups is 1. The van der Waals surface area contributed by atoms with E-state index < -0.39 is 14.0 Å². The van der Waals surface area contributed by atoms with E-state index in [1.165, 1.54) is 0 Å². The Morgan fingerprint density at radius 1 is 1.45 bits per heavy atom. The molecule has 0 aromatic rings. The van der Waals surface area contributed by atoms with Crippen molar-refractivity contribution in [2.45, 2.75) is 39.0 Å². The van der Waals surface area contributed by atoms with Gasteiger partial charge in [-0.25, -0.2) is 0 Å². The molecule has 0 spiro atoms. The van der Waals surface area contributed by atoms with Gasteiger partial charge in [0.2, 0.25) is 0 Å². The molecule has 0 bridgehead atoms. The minimum absolute atomic E-state index is 0.110. The topological polar surface area (TPSA) is 37.3 Å². The fraction of sp³-hybridized carbons (Fsp3) is 0.875. The summed E-state index contributed by atoms with van der Waals surface area (Å²) in [6.07, 6.45) is 0.763. The highest BCUT2D eigenvalue weighted by molar-refractivity contribution is 6.76. The van der Waals surface area contributed by atoms with E-state index in [1.54, 1.807) is 0 Å². The Bertz CT molecular complexity index is 138. The second-order valence-corrected chi connectivity index (χ2v) is 9.74. The molecular formula is C8H18O2Si. The minimum atomic E-state index is -1.18. The highest BCUT2D eigenvalue weighted by atomic mass is 28.3. The monoisotopic (exact) mass is 174 g/mol. The highest BCUT2D eigenvalue weighted by Crippen LogP contribution is 2.19. The van der Waals surface area contributed by atoms with E-state index in [9.17, 15) is 4.79 Å². The zero-order valence-electron chi connectivity index (χ0n) is 7.85. The first kappa shape index (κ1) is 10.7. The normalized spacial score (nSPS) is 14.5. The van der Waals surface area contributed by atoms with Gasteiger partial charge in [0, 0.05) is 8.07 Å². The van der Waals surface area contributed by atoms with Crippen LogP contribution in [0, 0.1) is 5.92 Å². The van der Waals surface area contributed by atoms with Gasteiger partial charge in [-0.05, 0) is 12.5 Å². The standard InChI is InChI=1S/C8H18O2Si/c1-5-7(8(9)10)6-11(2,3)4/h7H,5-6H2,1-4H3,(H,9,10). The Labute approximate surface area is 69.6 Å². The van der Waals surface area contributed by atoms with E-state index in [0.717, 1.165) is 12.5 Å². The molecular weight excluding hydrogens is 156 g/mol. The third kappa shape index (κ3) is 5.01. The van der Waals surface area contributed by atoms with Crippen molar-refractivity contribution in [1.29, 1.82) is 0 Å². The lowest BCUT2D eigenvalue weighted by molar-refractivity contribution is -0.141. The Kier molecular flexibility index (Phi) is 3.79. The predicted octanol–water partition coefficient (Wildman–Crippen LogP) is 2.44. The average Bonchev–Trinajstić information content (AvgIpc) is 1.80. The summed E-state index contributed by atoms with van der Waals surface area (Å²) < 4.78 is 0. The maximum absolute atomic E-state index is 10.6. The van der Waals surface area contributed by atoms with Gasteiger partial charge in [0.1, 0.15) is 0 Å². The van der Waals surface area contributed by atoms with Gasteiger partial charge in [0.15, 0.2) is 0 Å². The largest absolute Gasteiger partial charge is 0.481 e. The maximum atomic E-state index is 10.6. The van der Waals surface area contributed by atoms with Crippen molar-refractivity contribution in [3.8, 4) is 0 Å². The molecule has 66 valence electrons. The number of carboxylic acid groups (broad SMARTS) is 1. The van der Waals surface area contributed by atoms with Crippen LogP contribution in [0.2, 0.25) is 25.7 Å². The number of hydrogen-bond donors (Lipinski definition) is 1. The zero-order chi connectivity index (χ0) is 9.07. The summed E-state index contributed by atoms with van der Waals surface area (Å²) in [7, 11) is -1.18. The van der Waals surface area contributed by atoms with Crippen molar-refractivity contribution in [3.05, 3.63) is 0 Å². The van der Waals surface area contributed by atoms with E-state index in [1.807, 2.05) is 6.92 Å². The van der Waals surface area contributed by atoms with Crippen molar-refractivity contribution in [2.75, 3.05) is 0 Å². The minimum Gasteiger partial charge on any atom is -0.481 e. The molecule has 1 atom stereocenters. The van der Waals surface area contributed by atoms with Crippen LogP contribution in [0.3, 0.4) is 0 Å². The molecule has 0 aliphatic heterocycles. The second kappa shape index (κ2) is 3.90. The second-order valence-electron chi connectivity index (χ2n) is 4.21. The third-order valence-electron chi connectivity index (χ3n) is 1.70. The first-order valence-corrected chi connectivity index (χ1v) is 7.80. The van der Waals surface area contributed by atoms with Crippen LogP contribution < -0.4 is 0 Å². The average molecular weight is 174 g/mol. The lowest BCUT2D eigenvalue weighted by Crippen LogP contribution is -2.27. The molecule has 11 heavy (non-hydrogen) atoms. The maximum Gasteiger partial charge on any atom is 0.306 e. The van der Waals surface area contributed by atoms with Gasteiger partial charge in [0.25, 0.3) is 0 Å². The summed E-state index contributed by atoms with van der Waals surface area (Å²) in [6, 6.07) is 0.902. The van der Waals surface area contributed by atoms with Crippen molar-refractivity contribution < 1.29 is 9.90 Å². The van der Waals surface area contributed by atoms with E-state index in [4.69, 9.17) is 5.11 Å². The molecule has 0 aromatic carbocycles. The molecule has 1 N–H and O–H groups in total. The smallest absolute Gasteiger partial charge is 0.306 e. The van der Waals surface area contributed by atoms with Crippen LogP contribution in [0.4, 0.5) is 0 Å². The molecule has 0 aliphatic carbocycles. The summed E-state index contributed by atoms with van der Waals surface area (Å²) in [5.74, 6) is -0.739. The summed E-state index contributed by atoms with van der Waals surface area (Å²) in [4.78, 5) is 10.6. The molecule has 0 amide bonds. The van der Waals surface area contributed by atoms with Crippen molar-refractivity contribution >= 4 is 14.0 Å². The van der Waals surface area contributed by atoms with Gasteiger partial charge < -0.3 is 5.11 Å². The SMILES string of the molecule is CCC(C[Si](C)(C)C)C(=O)O. The van der Waals surface area contributed by atoms with Crippen LogP contribution in [0.15, 0.2) is 0 Å². The summed E-state index contributed by atoms with van der Waals surface area (Å²) in [5, 5.41) is 8.76. The lowest BCUT2D eigenvalue weighted by atomic mass is 10.1. The predicted molar refractivity (Wildman–Crippen MR) is 49.6 cm³/mol. The Morgan fingerprint density at radius 2 is 1.91 bits per heavy atom. The van der Waals surface area contributed by atoms with Gasteiger partial charge in [0.05, 0.1) is 5.92 Å². The Morgan fingerprint density at radius 3 is 2.00 bits per heavy atom. The van der Waals surface area contributed by atoms with Crippen LogP contribution in [0.25, 0.3) is 0 Å². The molecule has 0 saturated heterocycles. The van der Waals surface area contributed by atoms with Crippen molar-refractivity contribution in [2.24, 2.45) is 5.92 Å². The molecule has 0 fully saturated rings. The van der Waals surface area contributed by atoms with Gasteiger partial charge in [-0.2, -0.15) is 0 Å². The van der Waals surface area contributed by atoms with Crippen LogP contribution in [0.1, 0.15) is 13.3 Å². The van der Waals surface area contributed by atoms with Crippen molar-refractivity contribution in [3.63, 3.8) is 0 Å². The van der Waals surface area contributed by atoms with E-state index in [-0.39, 0.29) is 5.92 Å². The molecule has 0 aliphatic rings. The van der Waals surface area contributed by atoms with Gasteiger partial charge in [-0.15, -0.1) is 0 Å². The van der Waals surface area contributed by atoms with Crippen molar-refractivity contribution in [1.82, 2.24) is 0 Å². The van der Waals surface area contributed by atoms with Gasteiger partial charge in [-0.3, -0.25) is 4.79 Å². The molecule has 0 aromatic heterocycles. The molecule has 2 nitrogen and oxygen atoms in total. The first-order valence-electron chi connectivity index (χ1n) is 4.09. The number of aliphatic carboxylic acids is 1. The summed E-state index contributed by atoms with van der Waals surface area (Å²) in [5.41, 5.74) is 0. The Balaban J connectivity index is 3.99. The quantitative estimate of drug-likeness (QED) is 0.665. The number of hydrogen-bond acceptors (Lipinski definition) is 1. The zero-order valence-corrected chi connectivity index (χ0v) is 8.85. The molecule has 0 rings (SSSR count). The van der Waals surface area contributed by atoms with Gasteiger partial charge in [-0.1, -0.05) is 26.6 Å². The molecule has 0 saturated carbocycles. The third-order valence-corrected chi connectivity index (χ3v) is 3.42. The van der Waals surface area contributed by atoms with E-state index in [2.05, 4.69) is 19.6 Å². The van der Waals surface area contributed by atoms with Gasteiger partial charge >= 0.3 is 5.97 Å². The molecule has 3 heteroatoms. The Hall–Kier alpha value is -0.313. The van der Waals surface area contributed by atoms with Crippen LogP contribution in [-0.2, 0) is 4.79 Å². The fourth-order valence-corrected chi connectivity index (χ4v) is 3.09.